The van der Waals surface area contributed by atoms with Crippen LogP contribution in [0.5, 0.6) is 0 Å². The Morgan fingerprint density at radius 3 is 2.76 bits per heavy atom. The van der Waals surface area contributed by atoms with Gasteiger partial charge in [-0.05, 0) is 35.7 Å². The molecular weight excluding hydrogens is 554 g/mol. The van der Waals surface area contributed by atoms with Crippen LogP contribution in [0.25, 0.3) is 0 Å². The topological polar surface area (TPSA) is 219 Å². The Balaban J connectivity index is 1.50. The smallest absolute Gasteiger partial charge is 0.384 e. The second-order valence-electron chi connectivity index (χ2n) is 8.01. The Bertz CT molecular complexity index is 1350. The molecule has 2 aromatic rings. The second-order valence-corrected chi connectivity index (χ2v) is 10.9. The van der Waals surface area contributed by atoms with Gasteiger partial charge in [-0.25, -0.2) is 4.98 Å². The van der Waals surface area contributed by atoms with Crippen molar-refractivity contribution in [2.24, 2.45) is 5.16 Å². The number of nitrogens with one attached hydrogen (secondary N) is 1. The Morgan fingerprint density at radius 1 is 1.37 bits per heavy atom. The molecule has 4 heterocycles. The number of aromatic nitrogens is 3. The summed E-state index contributed by atoms with van der Waals surface area (Å²) in [6.07, 6.45) is 2.32. The Kier molecular flexibility index (Phi) is 8.27. The summed E-state index contributed by atoms with van der Waals surface area (Å²) in [6, 6.07) is -0.979. The van der Waals surface area contributed by atoms with Gasteiger partial charge in [-0.3, -0.25) is 20.3 Å². The van der Waals surface area contributed by atoms with Crippen molar-refractivity contribution in [2.45, 2.75) is 36.8 Å². The van der Waals surface area contributed by atoms with Crippen LogP contribution in [-0.4, -0.2) is 67.9 Å². The zero-order chi connectivity index (χ0) is 27.6. The van der Waals surface area contributed by atoms with Crippen molar-refractivity contribution in [1.82, 2.24) is 20.2 Å². The number of carbonyl (C=O) groups excluding carboxylic acids is 3. The minimum atomic E-state index is -1.49. The third-order valence-corrected chi connectivity index (χ3v) is 8.68. The van der Waals surface area contributed by atoms with Crippen LogP contribution < -0.4 is 32.4 Å². The lowest BCUT2D eigenvalue weighted by molar-refractivity contribution is -0.682. The van der Waals surface area contributed by atoms with Crippen molar-refractivity contribution < 1.29 is 29.0 Å². The average Bonchev–Trinajstić information content (AvgIpc) is 3.32. The quantitative estimate of drug-likeness (QED) is 0.0466. The average molecular weight is 580 g/mol. The lowest BCUT2D eigenvalue weighted by Crippen LogP contribution is -2.71. The van der Waals surface area contributed by atoms with E-state index in [2.05, 4.69) is 20.4 Å². The number of rotatable bonds is 10. The van der Waals surface area contributed by atoms with Crippen molar-refractivity contribution in [2.75, 3.05) is 35.4 Å². The fourth-order valence-corrected chi connectivity index (χ4v) is 6.70. The number of aryl methyl sites for hydroxylation is 1. The van der Waals surface area contributed by atoms with Gasteiger partial charge in [0.15, 0.2) is 10.8 Å². The molecule has 7 N–H and O–H groups in total. The molecule has 2 amide bonds. The van der Waals surface area contributed by atoms with Crippen LogP contribution in [0.1, 0.15) is 25.1 Å². The van der Waals surface area contributed by atoms with E-state index in [9.17, 15) is 19.5 Å². The number of thiazole rings is 1. The molecule has 2 aliphatic heterocycles. The molecule has 14 nitrogen and oxygen atoms in total. The Morgan fingerprint density at radius 2 is 2.13 bits per heavy atom. The Hall–Kier alpha value is -3.57. The summed E-state index contributed by atoms with van der Waals surface area (Å²) >= 11 is 3.63. The predicted octanol–water partition coefficient (Wildman–Crippen LogP) is -1.80. The molecule has 0 aliphatic carbocycles. The predicted molar refractivity (Wildman–Crippen MR) is 141 cm³/mol. The molecule has 2 atom stereocenters. The molecule has 2 aliphatic rings. The number of hydrogen-bond donors (Lipinski definition) is 4. The number of nitrogen functional groups attached to an aromatic ring is 3. The van der Waals surface area contributed by atoms with E-state index < -0.39 is 29.2 Å². The molecule has 0 aromatic carbocycles. The van der Waals surface area contributed by atoms with Gasteiger partial charge in [0.2, 0.25) is 5.82 Å². The maximum atomic E-state index is 13.0. The summed E-state index contributed by atoms with van der Waals surface area (Å²) in [5, 5.41) is 20.0. The largest absolute Gasteiger partial charge is 0.543 e. The molecule has 0 saturated carbocycles. The standard InChI is InChI=1S/C21H25N9O5S3/c1-3-9-5-29(24)21(27-15(9)22)38-7-10-6-36-18-13(17(32)30(18)14(10)19(33)34)26-16(31)12(28-35-4-2)11-8-37-20(23)25-11/h5,8,13,18,22H,3-4,6-7,24H2,1-2H3,(H4,23,25,26,31,33,34)/b28-12-/t13?,18-/m1/s1. The number of hydrogen-bond acceptors (Lipinski definition) is 14. The third kappa shape index (κ3) is 5.34. The van der Waals surface area contributed by atoms with Crippen LogP contribution >= 0.6 is 34.9 Å². The highest BCUT2D eigenvalue weighted by molar-refractivity contribution is 8.01. The number of nitrogens with zero attached hydrogens (tertiary/aromatic N) is 5. The van der Waals surface area contributed by atoms with Crippen molar-refractivity contribution in [3.8, 4) is 0 Å². The highest BCUT2D eigenvalue weighted by Gasteiger charge is 2.53. The van der Waals surface area contributed by atoms with E-state index in [1.165, 1.54) is 28.2 Å². The minimum Gasteiger partial charge on any atom is -0.543 e. The van der Waals surface area contributed by atoms with Crippen LogP contribution in [0.15, 0.2) is 33.2 Å². The highest BCUT2D eigenvalue weighted by Crippen LogP contribution is 2.41. The van der Waals surface area contributed by atoms with Crippen LogP contribution in [0, 0.1) is 0 Å². The number of oxime groups is 1. The normalized spacial score (nSPS) is 19.2. The van der Waals surface area contributed by atoms with Crippen molar-refractivity contribution in [3.05, 3.63) is 34.1 Å². The van der Waals surface area contributed by atoms with E-state index in [0.717, 1.165) is 21.8 Å². The summed E-state index contributed by atoms with van der Waals surface area (Å²) in [4.78, 5) is 52.6. The van der Waals surface area contributed by atoms with Crippen molar-refractivity contribution in [1.29, 1.82) is 0 Å². The van der Waals surface area contributed by atoms with Crippen molar-refractivity contribution >= 4 is 69.3 Å². The molecule has 0 radical (unpaired) electrons. The molecule has 202 valence electrons. The summed E-state index contributed by atoms with van der Waals surface area (Å²) in [5.74, 6) is 4.05. The zero-order valence-corrected chi connectivity index (χ0v) is 22.8. The minimum absolute atomic E-state index is 0.143. The van der Waals surface area contributed by atoms with E-state index in [1.54, 1.807) is 18.5 Å². The molecule has 1 saturated heterocycles. The van der Waals surface area contributed by atoms with Gasteiger partial charge in [-0.2, -0.15) is 0 Å². The first-order valence-corrected chi connectivity index (χ1v) is 14.3. The number of nitrogens with two attached hydrogens (primary N) is 3. The monoisotopic (exact) mass is 579 g/mol. The molecular formula is C21H25N9O5S3. The lowest BCUT2D eigenvalue weighted by atomic mass is 10.0. The number of aliphatic carboxylic acids is 1. The van der Waals surface area contributed by atoms with Gasteiger partial charge < -0.3 is 31.5 Å². The molecule has 4 rings (SSSR count). The number of anilines is 2. The van der Waals surface area contributed by atoms with Gasteiger partial charge in [0.25, 0.3) is 11.8 Å². The fraction of sp³-hybridized carbons (Fsp3) is 0.381. The Labute approximate surface area is 229 Å². The molecule has 1 unspecified atom stereocenters. The first kappa shape index (κ1) is 27.5. The SMILES string of the molecule is CCO/N=C(\C(=O)NC1C(=O)N2C(C(=O)[O-])=C(CSc3nc(N)c(CC)c[n+]3N)CS[C@H]12)c1csc(N)n1. The number of carbonyl (C=O) groups is 3. The van der Waals surface area contributed by atoms with E-state index in [0.29, 0.717) is 23.0 Å². The first-order valence-electron chi connectivity index (χ1n) is 11.3. The van der Waals surface area contributed by atoms with E-state index in [-0.39, 0.29) is 40.3 Å². The summed E-state index contributed by atoms with van der Waals surface area (Å²) in [7, 11) is 0. The summed E-state index contributed by atoms with van der Waals surface area (Å²) in [6.45, 7) is 3.83. The number of amides is 2. The molecule has 17 heteroatoms. The maximum Gasteiger partial charge on any atom is 0.384 e. The third-order valence-electron chi connectivity index (χ3n) is 5.61. The van der Waals surface area contributed by atoms with E-state index in [4.69, 9.17) is 22.1 Å². The van der Waals surface area contributed by atoms with Gasteiger partial charge >= 0.3 is 5.16 Å². The van der Waals surface area contributed by atoms with Gasteiger partial charge in [0.1, 0.15) is 29.9 Å². The number of β-lactam (4-membered cyclic amide) rings is 1. The first-order chi connectivity index (χ1) is 18.2. The van der Waals surface area contributed by atoms with Crippen LogP contribution in [0.4, 0.5) is 10.9 Å². The number of carboxylic acids is 1. The van der Waals surface area contributed by atoms with Gasteiger partial charge in [0, 0.05) is 16.9 Å². The molecule has 0 spiro atoms. The molecule has 1 fully saturated rings. The van der Waals surface area contributed by atoms with E-state index >= 15 is 0 Å². The zero-order valence-electron chi connectivity index (χ0n) is 20.4. The molecule has 0 bridgehead atoms. The molecule has 38 heavy (non-hydrogen) atoms. The van der Waals surface area contributed by atoms with Crippen molar-refractivity contribution in [3.63, 3.8) is 0 Å². The van der Waals surface area contributed by atoms with Gasteiger partial charge in [-0.1, -0.05) is 12.1 Å². The van der Waals surface area contributed by atoms with Crippen LogP contribution in [0.2, 0.25) is 0 Å². The number of thioether (sulfide) groups is 2. The molecule has 2 aromatic heterocycles. The lowest BCUT2D eigenvalue weighted by Gasteiger charge is -2.50. The van der Waals surface area contributed by atoms with E-state index in [1.807, 2.05) is 6.92 Å². The fourth-order valence-electron chi connectivity index (χ4n) is 3.78. The highest BCUT2D eigenvalue weighted by atomic mass is 32.2. The summed E-state index contributed by atoms with van der Waals surface area (Å²) in [5.41, 5.74) is 12.7. The van der Waals surface area contributed by atoms with Crippen LogP contribution in [-0.2, 0) is 25.6 Å². The number of fused-ring (bicyclic) bond motifs is 1. The van der Waals surface area contributed by atoms with Crippen LogP contribution in [0.3, 0.4) is 0 Å². The summed E-state index contributed by atoms with van der Waals surface area (Å²) < 4.78 is 1.33. The number of carboxylic acid groups (broad SMARTS) is 1. The second kappa shape index (κ2) is 11.4. The van der Waals surface area contributed by atoms with Gasteiger partial charge in [-0.15, -0.1) is 27.8 Å². The van der Waals surface area contributed by atoms with Gasteiger partial charge in [0.05, 0.1) is 17.2 Å². The maximum absolute atomic E-state index is 13.0.